The summed E-state index contributed by atoms with van der Waals surface area (Å²) in [4.78, 5) is 0. The maximum absolute atomic E-state index is 6.44. The van der Waals surface area contributed by atoms with Gasteiger partial charge in [0.15, 0.2) is 0 Å². The summed E-state index contributed by atoms with van der Waals surface area (Å²) >= 11 is 7.50. The molecule has 4 radical (unpaired) electrons. The Balaban J connectivity index is 3.03. The van der Waals surface area contributed by atoms with E-state index in [9.17, 15) is 0 Å². The zero-order valence-corrected chi connectivity index (χ0v) is 17.1. The van der Waals surface area contributed by atoms with Gasteiger partial charge >= 0.3 is 0 Å². The van der Waals surface area contributed by atoms with Crippen molar-refractivity contribution in [3.63, 3.8) is 0 Å². The van der Waals surface area contributed by atoms with Gasteiger partial charge in [0.05, 0.1) is 0 Å². The van der Waals surface area contributed by atoms with Crippen molar-refractivity contribution in [1.29, 1.82) is 0 Å². The van der Waals surface area contributed by atoms with Gasteiger partial charge in [0.2, 0.25) is 0 Å². The molecule has 0 N–H and O–H groups in total. The van der Waals surface area contributed by atoms with Gasteiger partial charge in [-0.2, -0.15) is 0 Å². The van der Waals surface area contributed by atoms with Crippen molar-refractivity contribution in [2.45, 2.75) is 41.5 Å². The molecule has 0 atom stereocenters. The van der Waals surface area contributed by atoms with Crippen LogP contribution in [0.15, 0.2) is 8.95 Å². The van der Waals surface area contributed by atoms with Gasteiger partial charge in [0.1, 0.15) is 15.7 Å². The fourth-order valence-electron chi connectivity index (χ4n) is 2.78. The molecule has 0 aliphatic rings. The van der Waals surface area contributed by atoms with Crippen LogP contribution in [-0.2, 0) is 0 Å². The Morgan fingerprint density at radius 3 is 1.18 bits per heavy atom. The van der Waals surface area contributed by atoms with E-state index in [2.05, 4.69) is 73.4 Å². The fourth-order valence-corrected chi connectivity index (χ4v) is 4.43. The molecule has 0 saturated carbocycles. The van der Waals surface area contributed by atoms with Gasteiger partial charge in [0.25, 0.3) is 0 Å². The van der Waals surface area contributed by atoms with Crippen molar-refractivity contribution in [2.24, 2.45) is 0 Å². The number of rotatable bonds is 1. The van der Waals surface area contributed by atoms with Crippen LogP contribution in [0.3, 0.4) is 0 Å². The lowest BCUT2D eigenvalue weighted by Crippen LogP contribution is -2.27. The second kappa shape index (κ2) is 6.20. The Bertz CT molecular complexity index is 667. The Morgan fingerprint density at radius 1 is 0.500 bits per heavy atom. The molecular weight excluding hydrogens is 398 g/mol. The summed E-state index contributed by atoms with van der Waals surface area (Å²) < 4.78 is 2.09. The SMILES string of the molecule is [B]c1c(C)c(C)c(C)c([B])c1-c1c(Br)c(C)c(C)c(C)c1Br. The maximum Gasteiger partial charge on any atom is 0.115 e. The molecule has 0 spiro atoms. The van der Waals surface area contributed by atoms with Crippen molar-refractivity contribution in [1.82, 2.24) is 0 Å². The number of benzene rings is 2. The molecule has 0 bridgehead atoms. The first-order valence-electron chi connectivity index (χ1n) is 7.21. The van der Waals surface area contributed by atoms with Gasteiger partial charge < -0.3 is 0 Å². The Labute approximate surface area is 153 Å². The molecule has 2 rings (SSSR count). The molecule has 0 amide bonds. The molecule has 0 saturated heterocycles. The van der Waals surface area contributed by atoms with Gasteiger partial charge in [-0.15, -0.1) is 0 Å². The van der Waals surface area contributed by atoms with E-state index in [1.807, 2.05) is 0 Å². The number of halogens is 2. The van der Waals surface area contributed by atoms with Crippen molar-refractivity contribution < 1.29 is 0 Å². The topological polar surface area (TPSA) is 0 Å². The third kappa shape index (κ3) is 2.53. The summed E-state index contributed by atoms with van der Waals surface area (Å²) in [5.41, 5.74) is 10.5. The van der Waals surface area contributed by atoms with E-state index in [0.29, 0.717) is 0 Å². The van der Waals surface area contributed by atoms with Crippen LogP contribution >= 0.6 is 31.9 Å². The van der Waals surface area contributed by atoms with Gasteiger partial charge in [-0.05, 0) is 101 Å². The molecule has 0 unspecified atom stereocenters. The first-order chi connectivity index (χ1) is 10.1. The average Bonchev–Trinajstić information content (AvgIpc) is 2.50. The molecule has 2 aromatic rings. The van der Waals surface area contributed by atoms with Gasteiger partial charge in [-0.3, -0.25) is 0 Å². The molecule has 4 heteroatoms. The minimum absolute atomic E-state index is 0.754. The zero-order valence-electron chi connectivity index (χ0n) is 13.9. The lowest BCUT2D eigenvalue weighted by molar-refractivity contribution is 1.23. The zero-order chi connectivity index (χ0) is 16.9. The predicted octanol–water partition coefficient (Wildman–Crippen LogP) is 4.32. The molecule has 0 aromatic heterocycles. The lowest BCUT2D eigenvalue weighted by atomic mass is 9.71. The van der Waals surface area contributed by atoms with Crippen LogP contribution in [0.25, 0.3) is 11.1 Å². The molecule has 0 heterocycles. The monoisotopic (exact) mass is 414 g/mol. The highest BCUT2D eigenvalue weighted by atomic mass is 79.9. The lowest BCUT2D eigenvalue weighted by Gasteiger charge is -2.24. The van der Waals surface area contributed by atoms with Gasteiger partial charge in [0, 0.05) is 14.5 Å². The Morgan fingerprint density at radius 2 is 0.818 bits per heavy atom. The van der Waals surface area contributed by atoms with Crippen LogP contribution < -0.4 is 10.9 Å². The number of hydrogen-bond donors (Lipinski definition) is 0. The van der Waals surface area contributed by atoms with E-state index in [1.54, 1.807) is 0 Å². The molecule has 2 aromatic carbocycles. The summed E-state index contributed by atoms with van der Waals surface area (Å²) in [5.74, 6) is 0. The first-order valence-corrected chi connectivity index (χ1v) is 8.79. The van der Waals surface area contributed by atoms with E-state index in [-0.39, 0.29) is 0 Å². The average molecular weight is 416 g/mol. The van der Waals surface area contributed by atoms with Crippen LogP contribution in [0.4, 0.5) is 0 Å². The maximum atomic E-state index is 6.44. The molecular formula is C18H18B2Br2. The van der Waals surface area contributed by atoms with Crippen molar-refractivity contribution in [2.75, 3.05) is 0 Å². The Kier molecular flexibility index (Phi) is 5.04. The van der Waals surface area contributed by atoms with Crippen LogP contribution in [0.2, 0.25) is 0 Å². The summed E-state index contributed by atoms with van der Waals surface area (Å²) in [6.07, 6.45) is 0. The quantitative estimate of drug-likeness (QED) is 0.609. The van der Waals surface area contributed by atoms with E-state index in [1.165, 1.54) is 16.7 Å². The summed E-state index contributed by atoms with van der Waals surface area (Å²) in [6.45, 7) is 12.5. The highest BCUT2D eigenvalue weighted by Crippen LogP contribution is 2.40. The first kappa shape index (κ1) is 17.9. The molecule has 110 valence electrons. The smallest absolute Gasteiger partial charge is 0.0863 e. The van der Waals surface area contributed by atoms with Crippen LogP contribution in [0, 0.1) is 41.5 Å². The van der Waals surface area contributed by atoms with Gasteiger partial charge in [-0.25, -0.2) is 0 Å². The van der Waals surface area contributed by atoms with E-state index < -0.39 is 0 Å². The van der Waals surface area contributed by atoms with Crippen LogP contribution in [0.5, 0.6) is 0 Å². The predicted molar refractivity (Wildman–Crippen MR) is 106 cm³/mol. The minimum Gasteiger partial charge on any atom is -0.0863 e. The largest absolute Gasteiger partial charge is 0.115 e. The van der Waals surface area contributed by atoms with E-state index >= 15 is 0 Å². The molecule has 0 aliphatic heterocycles. The summed E-state index contributed by atoms with van der Waals surface area (Å²) in [5, 5.41) is 0. The molecule has 22 heavy (non-hydrogen) atoms. The third-order valence-corrected chi connectivity index (χ3v) is 6.93. The highest BCUT2D eigenvalue weighted by Gasteiger charge is 2.21. The number of hydrogen-bond acceptors (Lipinski definition) is 0. The summed E-state index contributed by atoms with van der Waals surface area (Å²) in [6, 6.07) is 0. The molecule has 0 fully saturated rings. The van der Waals surface area contributed by atoms with Crippen molar-refractivity contribution in [3.8, 4) is 11.1 Å². The fraction of sp³-hybridized carbons (Fsp3) is 0.333. The Hall–Kier alpha value is -0.470. The van der Waals surface area contributed by atoms with E-state index in [0.717, 1.165) is 47.7 Å². The van der Waals surface area contributed by atoms with E-state index in [4.69, 9.17) is 15.7 Å². The second-order valence-corrected chi connectivity index (χ2v) is 7.54. The van der Waals surface area contributed by atoms with Crippen molar-refractivity contribution in [3.05, 3.63) is 42.3 Å². The van der Waals surface area contributed by atoms with Crippen LogP contribution in [0.1, 0.15) is 33.4 Å². The van der Waals surface area contributed by atoms with Gasteiger partial charge in [-0.1, -0.05) is 22.1 Å². The normalized spacial score (nSPS) is 11.1. The highest BCUT2D eigenvalue weighted by molar-refractivity contribution is 9.11. The molecule has 0 nitrogen and oxygen atoms in total. The molecule has 0 aliphatic carbocycles. The van der Waals surface area contributed by atoms with Crippen molar-refractivity contribution >= 4 is 58.5 Å². The second-order valence-electron chi connectivity index (χ2n) is 5.96. The minimum atomic E-state index is 0.754. The summed E-state index contributed by atoms with van der Waals surface area (Å²) in [7, 11) is 12.9. The third-order valence-electron chi connectivity index (χ3n) is 4.94. The van der Waals surface area contributed by atoms with Crippen LogP contribution in [-0.4, -0.2) is 15.7 Å². The standard InChI is InChI=1S/C18H18B2Br2/c1-7-9(3)15(19)13(16(20)10(7)4)14-17(21)11(5)8(2)12(6)18(14)22/h1-6H3.